The summed E-state index contributed by atoms with van der Waals surface area (Å²) in [7, 11) is 0. The number of benzene rings is 2. The van der Waals surface area contributed by atoms with E-state index < -0.39 is 17.7 Å². The van der Waals surface area contributed by atoms with Crippen molar-refractivity contribution in [1.82, 2.24) is 9.88 Å². The molecule has 7 nitrogen and oxygen atoms in total. The lowest BCUT2D eigenvalue weighted by Gasteiger charge is -2.26. The second-order valence-corrected chi connectivity index (χ2v) is 8.20. The van der Waals surface area contributed by atoms with E-state index in [2.05, 4.69) is 11.6 Å². The van der Waals surface area contributed by atoms with Gasteiger partial charge in [-0.1, -0.05) is 49.1 Å². The second kappa shape index (κ2) is 11.4. The minimum atomic E-state index is -0.797. The van der Waals surface area contributed by atoms with Crippen LogP contribution in [0.1, 0.15) is 29.7 Å². The lowest BCUT2D eigenvalue weighted by Crippen LogP contribution is -2.31. The molecular formula is C29H28N2O5. The lowest BCUT2D eigenvalue weighted by molar-refractivity contribution is -0.139. The molecule has 184 valence electrons. The summed E-state index contributed by atoms with van der Waals surface area (Å²) in [6.45, 7) is 6.54. The molecule has 4 rings (SSSR count). The first-order chi connectivity index (χ1) is 17.5. The first kappa shape index (κ1) is 24.7. The van der Waals surface area contributed by atoms with Gasteiger partial charge in [-0.25, -0.2) is 0 Å². The highest BCUT2D eigenvalue weighted by atomic mass is 16.5. The van der Waals surface area contributed by atoms with E-state index in [9.17, 15) is 14.7 Å². The number of hydrogen-bond donors (Lipinski definition) is 1. The highest BCUT2D eigenvalue weighted by Gasteiger charge is 2.46. The van der Waals surface area contributed by atoms with Gasteiger partial charge in [0.2, 0.25) is 0 Å². The molecule has 1 aliphatic heterocycles. The molecule has 1 N–H and O–H groups in total. The van der Waals surface area contributed by atoms with Crippen molar-refractivity contribution >= 4 is 17.4 Å². The predicted molar refractivity (Wildman–Crippen MR) is 137 cm³/mol. The molecule has 36 heavy (non-hydrogen) atoms. The first-order valence-electron chi connectivity index (χ1n) is 11.8. The number of aliphatic hydroxyl groups is 1. The van der Waals surface area contributed by atoms with Gasteiger partial charge in [0, 0.05) is 24.5 Å². The summed E-state index contributed by atoms with van der Waals surface area (Å²) in [5, 5.41) is 11.2. The Hall–Kier alpha value is -4.39. The van der Waals surface area contributed by atoms with Gasteiger partial charge in [-0.15, -0.1) is 0 Å². The Morgan fingerprint density at radius 3 is 2.50 bits per heavy atom. The number of nitrogens with zero attached hydrogens (tertiary/aromatic N) is 2. The van der Waals surface area contributed by atoms with E-state index in [1.807, 2.05) is 37.3 Å². The highest BCUT2D eigenvalue weighted by molar-refractivity contribution is 6.46. The zero-order chi connectivity index (χ0) is 25.5. The van der Waals surface area contributed by atoms with Crippen LogP contribution in [0.5, 0.6) is 11.5 Å². The summed E-state index contributed by atoms with van der Waals surface area (Å²) in [5.74, 6) is -0.623. The zero-order valence-corrected chi connectivity index (χ0v) is 20.1. The number of likely N-dealkylation sites (tertiary alicyclic amines) is 1. The van der Waals surface area contributed by atoms with Gasteiger partial charge in [0.05, 0.1) is 18.2 Å². The monoisotopic (exact) mass is 484 g/mol. The van der Waals surface area contributed by atoms with Crippen molar-refractivity contribution in [2.45, 2.75) is 19.4 Å². The van der Waals surface area contributed by atoms with E-state index >= 15 is 0 Å². The van der Waals surface area contributed by atoms with Crippen molar-refractivity contribution in [3.63, 3.8) is 0 Å². The van der Waals surface area contributed by atoms with E-state index in [1.165, 1.54) is 17.3 Å². The van der Waals surface area contributed by atoms with Crippen molar-refractivity contribution in [2.75, 3.05) is 19.8 Å². The molecule has 1 fully saturated rings. The topological polar surface area (TPSA) is 89.0 Å². The predicted octanol–water partition coefficient (Wildman–Crippen LogP) is 4.71. The average molecular weight is 485 g/mol. The number of carbonyl (C=O) groups is 2. The van der Waals surface area contributed by atoms with Crippen molar-refractivity contribution in [3.8, 4) is 11.5 Å². The Bertz CT molecular complexity index is 1270. The molecule has 0 spiro atoms. The van der Waals surface area contributed by atoms with E-state index in [4.69, 9.17) is 9.47 Å². The molecule has 1 aliphatic rings. The van der Waals surface area contributed by atoms with Crippen LogP contribution < -0.4 is 9.47 Å². The van der Waals surface area contributed by atoms with Crippen LogP contribution in [0.25, 0.3) is 5.76 Å². The van der Waals surface area contributed by atoms with Crippen molar-refractivity contribution < 1.29 is 24.2 Å². The first-order valence-corrected chi connectivity index (χ1v) is 11.8. The van der Waals surface area contributed by atoms with Gasteiger partial charge in [-0.05, 0) is 48.7 Å². The minimum absolute atomic E-state index is 0.0291. The fourth-order valence-electron chi connectivity index (χ4n) is 4.25. The maximum atomic E-state index is 13.3. The fourth-order valence-corrected chi connectivity index (χ4v) is 4.25. The van der Waals surface area contributed by atoms with E-state index in [1.54, 1.807) is 36.4 Å². The molecule has 2 heterocycles. The zero-order valence-electron chi connectivity index (χ0n) is 20.1. The van der Waals surface area contributed by atoms with Gasteiger partial charge in [-0.3, -0.25) is 14.6 Å². The Morgan fingerprint density at radius 1 is 1.06 bits per heavy atom. The molecular weight excluding hydrogens is 456 g/mol. The van der Waals surface area contributed by atoms with Crippen molar-refractivity contribution in [3.05, 3.63) is 108 Å². The molecule has 1 saturated heterocycles. The number of ether oxygens (including phenoxy) is 2. The summed E-state index contributed by atoms with van der Waals surface area (Å²) in [5.41, 5.74) is 2.11. The quantitative estimate of drug-likeness (QED) is 0.194. The van der Waals surface area contributed by atoms with Gasteiger partial charge >= 0.3 is 0 Å². The number of aliphatic hydroxyl groups excluding tert-OH is 1. The molecule has 0 aliphatic carbocycles. The summed E-state index contributed by atoms with van der Waals surface area (Å²) < 4.78 is 11.5. The Morgan fingerprint density at radius 2 is 1.81 bits per heavy atom. The van der Waals surface area contributed by atoms with Crippen molar-refractivity contribution in [1.29, 1.82) is 0 Å². The largest absolute Gasteiger partial charge is 0.507 e. The van der Waals surface area contributed by atoms with Gasteiger partial charge in [0.1, 0.15) is 12.4 Å². The number of aromatic nitrogens is 1. The third-order valence-corrected chi connectivity index (χ3v) is 5.92. The summed E-state index contributed by atoms with van der Waals surface area (Å²) in [6.07, 6.45) is 5.23. The molecule has 0 saturated carbocycles. The summed E-state index contributed by atoms with van der Waals surface area (Å²) in [6, 6.07) is 17.4. The van der Waals surface area contributed by atoms with Gasteiger partial charge in [-0.2, -0.15) is 0 Å². The molecule has 7 heteroatoms. The number of pyridine rings is 1. The van der Waals surface area contributed by atoms with E-state index in [-0.39, 0.29) is 11.3 Å². The van der Waals surface area contributed by atoms with Crippen LogP contribution >= 0.6 is 0 Å². The maximum Gasteiger partial charge on any atom is 0.295 e. The molecule has 1 aromatic heterocycles. The van der Waals surface area contributed by atoms with Gasteiger partial charge in [0.15, 0.2) is 11.5 Å². The molecule has 3 aromatic rings. The van der Waals surface area contributed by atoms with Crippen LogP contribution in [0.3, 0.4) is 0 Å². The fraction of sp³-hybridized carbons (Fsp3) is 0.207. The smallest absolute Gasteiger partial charge is 0.295 e. The minimum Gasteiger partial charge on any atom is -0.507 e. The van der Waals surface area contributed by atoms with Gasteiger partial charge in [0.25, 0.3) is 11.7 Å². The molecule has 1 amide bonds. The Kier molecular flexibility index (Phi) is 7.80. The molecule has 1 unspecified atom stereocenters. The lowest BCUT2D eigenvalue weighted by atomic mass is 9.95. The normalized spacial score (nSPS) is 16.7. The highest BCUT2D eigenvalue weighted by Crippen LogP contribution is 2.42. The van der Waals surface area contributed by atoms with E-state index in [0.717, 1.165) is 5.56 Å². The SMILES string of the molecule is C=CCOc1ccc(C2C(=C(O)c3ccncc3)C(=O)C(=O)N2CCc2ccccc2)cc1OCC. The number of ketones is 1. The van der Waals surface area contributed by atoms with Crippen LogP contribution in [0.15, 0.2) is 91.3 Å². The maximum absolute atomic E-state index is 13.3. The average Bonchev–Trinajstić information content (AvgIpc) is 3.17. The van der Waals surface area contributed by atoms with Crippen LogP contribution in [0.2, 0.25) is 0 Å². The molecule has 0 bridgehead atoms. The number of Topliss-reactive ketones (excluding diaryl/α,β-unsaturated/α-hetero) is 1. The van der Waals surface area contributed by atoms with Crippen LogP contribution in [-0.2, 0) is 16.0 Å². The number of amides is 1. The third-order valence-electron chi connectivity index (χ3n) is 5.92. The summed E-state index contributed by atoms with van der Waals surface area (Å²) >= 11 is 0. The van der Waals surface area contributed by atoms with Crippen LogP contribution in [0.4, 0.5) is 0 Å². The Balaban J connectivity index is 1.81. The number of rotatable bonds is 10. The molecule has 1 atom stereocenters. The van der Waals surface area contributed by atoms with Crippen LogP contribution in [0, 0.1) is 0 Å². The standard InChI is InChI=1S/C29H28N2O5/c1-3-18-36-23-11-10-22(19-24(23)35-4-2)26-25(27(32)21-12-15-30-16-13-21)28(33)29(34)31(26)17-14-20-8-6-5-7-9-20/h3,5-13,15-16,19,26,32H,1,4,14,17-18H2,2H3. The number of hydrogen-bond acceptors (Lipinski definition) is 6. The van der Waals surface area contributed by atoms with Gasteiger partial charge < -0.3 is 19.5 Å². The Labute approximate surface area is 210 Å². The third kappa shape index (κ3) is 5.15. The van der Waals surface area contributed by atoms with Crippen LogP contribution in [-0.4, -0.2) is 46.4 Å². The number of carbonyl (C=O) groups excluding carboxylic acids is 2. The summed E-state index contributed by atoms with van der Waals surface area (Å²) in [4.78, 5) is 32.0. The van der Waals surface area contributed by atoms with Crippen molar-refractivity contribution in [2.24, 2.45) is 0 Å². The van der Waals surface area contributed by atoms with E-state index in [0.29, 0.717) is 48.8 Å². The molecule has 0 radical (unpaired) electrons. The molecule has 2 aromatic carbocycles. The second-order valence-electron chi connectivity index (χ2n) is 8.20.